The third-order valence-corrected chi connectivity index (χ3v) is 2.96. The van der Waals surface area contributed by atoms with E-state index in [1.54, 1.807) is 6.92 Å². The lowest BCUT2D eigenvalue weighted by atomic mass is 10.5. The highest BCUT2D eigenvalue weighted by Gasteiger charge is 2.22. The van der Waals surface area contributed by atoms with Gasteiger partial charge in [0.15, 0.2) is 0 Å². The molecule has 0 aromatic carbocycles. The van der Waals surface area contributed by atoms with Gasteiger partial charge in [0, 0.05) is 6.54 Å². The van der Waals surface area contributed by atoms with Crippen LogP contribution in [0, 0.1) is 12.3 Å². The first-order valence-electron chi connectivity index (χ1n) is 4.34. The Bertz CT molecular complexity index is 344. The quantitative estimate of drug-likeness (QED) is 0.567. The lowest BCUT2D eigenvalue weighted by molar-refractivity contribution is -0.137. The van der Waals surface area contributed by atoms with Gasteiger partial charge in [-0.1, -0.05) is 12.8 Å². The molecule has 86 valence electrons. The van der Waals surface area contributed by atoms with E-state index in [0.717, 1.165) is 0 Å². The highest BCUT2D eigenvalue weighted by molar-refractivity contribution is 7.87. The van der Waals surface area contributed by atoms with Crippen LogP contribution in [0.25, 0.3) is 0 Å². The van der Waals surface area contributed by atoms with Gasteiger partial charge >= 0.3 is 5.97 Å². The second kappa shape index (κ2) is 6.40. The van der Waals surface area contributed by atoms with Crippen molar-refractivity contribution in [3.05, 3.63) is 0 Å². The van der Waals surface area contributed by atoms with E-state index in [-0.39, 0.29) is 13.1 Å². The van der Waals surface area contributed by atoms with Crippen LogP contribution in [0.2, 0.25) is 0 Å². The fraction of sp³-hybridized carbons (Fsp3) is 0.625. The third kappa shape index (κ3) is 5.37. The molecule has 2 N–H and O–H groups in total. The molecule has 0 aliphatic rings. The normalized spacial score (nSPS) is 11.3. The molecule has 6 nitrogen and oxygen atoms in total. The van der Waals surface area contributed by atoms with E-state index in [9.17, 15) is 13.2 Å². The first-order valence-corrected chi connectivity index (χ1v) is 5.78. The van der Waals surface area contributed by atoms with Gasteiger partial charge in [0.2, 0.25) is 0 Å². The largest absolute Gasteiger partial charge is 0.480 e. The Kier molecular flexibility index (Phi) is 5.93. The van der Waals surface area contributed by atoms with Crippen molar-refractivity contribution in [2.45, 2.75) is 13.3 Å². The molecule has 0 radical (unpaired) electrons. The van der Waals surface area contributed by atoms with Gasteiger partial charge in [0.25, 0.3) is 10.2 Å². The number of carboxylic acid groups (broad SMARTS) is 1. The molecule has 0 spiro atoms. The smallest absolute Gasteiger partial charge is 0.318 e. The third-order valence-electron chi connectivity index (χ3n) is 1.45. The number of rotatable bonds is 7. The Morgan fingerprint density at radius 2 is 2.20 bits per heavy atom. The lowest BCUT2D eigenvalue weighted by Gasteiger charge is -2.17. The first kappa shape index (κ1) is 13.9. The Morgan fingerprint density at radius 3 is 2.60 bits per heavy atom. The van der Waals surface area contributed by atoms with Crippen molar-refractivity contribution in [2.24, 2.45) is 0 Å². The molecular weight excluding hydrogens is 220 g/mol. The van der Waals surface area contributed by atoms with Crippen LogP contribution in [-0.4, -0.2) is 43.4 Å². The maximum absolute atomic E-state index is 11.5. The molecule has 0 rings (SSSR count). The summed E-state index contributed by atoms with van der Waals surface area (Å²) in [6, 6.07) is 0. The van der Waals surface area contributed by atoms with Crippen LogP contribution >= 0.6 is 0 Å². The fourth-order valence-corrected chi connectivity index (χ4v) is 1.97. The summed E-state index contributed by atoms with van der Waals surface area (Å²) in [7, 11) is -3.78. The summed E-state index contributed by atoms with van der Waals surface area (Å²) in [5, 5.41) is 8.50. The minimum Gasteiger partial charge on any atom is -0.480 e. The summed E-state index contributed by atoms with van der Waals surface area (Å²) in [6.45, 7) is 1.16. The number of terminal acetylenes is 1. The van der Waals surface area contributed by atoms with Gasteiger partial charge in [0.05, 0.1) is 6.54 Å². The highest BCUT2D eigenvalue weighted by atomic mass is 32.2. The molecule has 15 heavy (non-hydrogen) atoms. The van der Waals surface area contributed by atoms with Crippen LogP contribution in [0.4, 0.5) is 0 Å². The Hall–Kier alpha value is -1.10. The van der Waals surface area contributed by atoms with Gasteiger partial charge in [0.1, 0.15) is 6.54 Å². The van der Waals surface area contributed by atoms with Crippen molar-refractivity contribution >= 4 is 16.2 Å². The van der Waals surface area contributed by atoms with Crippen molar-refractivity contribution in [3.8, 4) is 12.3 Å². The second-order valence-electron chi connectivity index (χ2n) is 2.77. The minimum absolute atomic E-state index is 0.253. The number of carbonyl (C=O) groups is 1. The molecule has 0 atom stereocenters. The molecule has 0 saturated carbocycles. The van der Waals surface area contributed by atoms with Crippen LogP contribution in [-0.2, 0) is 15.0 Å². The van der Waals surface area contributed by atoms with E-state index in [1.807, 2.05) is 0 Å². The van der Waals surface area contributed by atoms with Crippen molar-refractivity contribution in [1.29, 1.82) is 0 Å². The van der Waals surface area contributed by atoms with E-state index in [1.165, 1.54) is 0 Å². The summed E-state index contributed by atoms with van der Waals surface area (Å²) < 4.78 is 25.9. The zero-order valence-electron chi connectivity index (χ0n) is 8.43. The summed E-state index contributed by atoms with van der Waals surface area (Å²) >= 11 is 0. The Balaban J connectivity index is 4.60. The van der Waals surface area contributed by atoms with Gasteiger partial charge in [-0.15, -0.1) is 6.42 Å². The minimum atomic E-state index is -3.78. The summed E-state index contributed by atoms with van der Waals surface area (Å²) in [6.07, 6.45) is 5.57. The lowest BCUT2D eigenvalue weighted by Crippen LogP contribution is -2.43. The van der Waals surface area contributed by atoms with Crippen molar-refractivity contribution in [3.63, 3.8) is 0 Å². The molecule has 7 heteroatoms. The fourth-order valence-electron chi connectivity index (χ4n) is 0.801. The van der Waals surface area contributed by atoms with Crippen LogP contribution in [0.3, 0.4) is 0 Å². The van der Waals surface area contributed by atoms with Crippen LogP contribution in [0.15, 0.2) is 0 Å². The SMILES string of the molecule is C#CCN(CC(=O)O)S(=O)(=O)NCCC. The molecule has 0 aromatic heterocycles. The summed E-state index contributed by atoms with van der Waals surface area (Å²) in [5.74, 6) is 0.856. The number of hydrogen-bond donors (Lipinski definition) is 2. The topological polar surface area (TPSA) is 86.7 Å². The van der Waals surface area contributed by atoms with Crippen molar-refractivity contribution in [1.82, 2.24) is 9.03 Å². The van der Waals surface area contributed by atoms with Crippen molar-refractivity contribution < 1.29 is 18.3 Å². The van der Waals surface area contributed by atoms with E-state index in [2.05, 4.69) is 10.6 Å². The van der Waals surface area contributed by atoms with Gasteiger partial charge in [-0.3, -0.25) is 4.79 Å². The standard InChI is InChI=1S/C8H14N2O4S/c1-3-5-9-15(13,14)10(6-4-2)7-8(11)12/h2,9H,3,5-7H2,1H3,(H,11,12). The number of hydrogen-bond acceptors (Lipinski definition) is 3. The number of nitrogens with zero attached hydrogens (tertiary/aromatic N) is 1. The molecule has 0 saturated heterocycles. The predicted molar refractivity (Wildman–Crippen MR) is 55.3 cm³/mol. The van der Waals surface area contributed by atoms with Gasteiger partial charge in [-0.2, -0.15) is 12.7 Å². The highest BCUT2D eigenvalue weighted by Crippen LogP contribution is 1.97. The molecule has 0 aliphatic heterocycles. The maximum atomic E-state index is 11.5. The molecule has 0 amide bonds. The van der Waals surface area contributed by atoms with Gasteiger partial charge < -0.3 is 5.11 Å². The van der Waals surface area contributed by atoms with E-state index < -0.39 is 22.7 Å². The summed E-state index contributed by atoms with van der Waals surface area (Å²) in [4.78, 5) is 10.4. The number of aliphatic carboxylic acids is 1. The van der Waals surface area contributed by atoms with E-state index >= 15 is 0 Å². The average Bonchev–Trinajstić information content (AvgIpc) is 2.13. The number of nitrogens with one attached hydrogen (secondary N) is 1. The monoisotopic (exact) mass is 234 g/mol. The molecule has 0 unspecified atom stereocenters. The van der Waals surface area contributed by atoms with Crippen LogP contribution < -0.4 is 4.72 Å². The van der Waals surface area contributed by atoms with Gasteiger partial charge in [-0.05, 0) is 6.42 Å². The summed E-state index contributed by atoms with van der Waals surface area (Å²) in [5.41, 5.74) is 0. The van der Waals surface area contributed by atoms with Gasteiger partial charge in [-0.25, -0.2) is 4.72 Å². The molecular formula is C8H14N2O4S. The first-order chi connectivity index (χ1) is 6.94. The Morgan fingerprint density at radius 1 is 1.60 bits per heavy atom. The van der Waals surface area contributed by atoms with E-state index in [0.29, 0.717) is 10.7 Å². The molecule has 0 fully saturated rings. The van der Waals surface area contributed by atoms with Crippen LogP contribution in [0.5, 0.6) is 0 Å². The Labute approximate surface area is 89.5 Å². The zero-order valence-corrected chi connectivity index (χ0v) is 9.25. The van der Waals surface area contributed by atoms with Crippen molar-refractivity contribution in [2.75, 3.05) is 19.6 Å². The van der Waals surface area contributed by atoms with E-state index in [4.69, 9.17) is 11.5 Å². The average molecular weight is 234 g/mol. The molecule has 0 aromatic rings. The molecule has 0 aliphatic carbocycles. The molecule has 0 heterocycles. The van der Waals surface area contributed by atoms with Crippen LogP contribution in [0.1, 0.15) is 13.3 Å². The predicted octanol–water partition coefficient (Wildman–Crippen LogP) is -0.749. The number of carboxylic acids is 1. The maximum Gasteiger partial charge on any atom is 0.318 e. The molecule has 0 bridgehead atoms. The zero-order chi connectivity index (χ0) is 11.9. The second-order valence-corrected chi connectivity index (χ2v) is 4.52.